The lowest BCUT2D eigenvalue weighted by atomic mass is 9.98. The van der Waals surface area contributed by atoms with Crippen molar-refractivity contribution in [2.45, 2.75) is 24.8 Å². The van der Waals surface area contributed by atoms with E-state index in [-0.39, 0.29) is 16.7 Å². The number of sulfonamides is 1. The van der Waals surface area contributed by atoms with Crippen LogP contribution in [0.5, 0.6) is 0 Å². The first kappa shape index (κ1) is 21.0. The summed E-state index contributed by atoms with van der Waals surface area (Å²) in [6.07, 6.45) is 2.04. The van der Waals surface area contributed by atoms with Crippen molar-refractivity contribution in [3.63, 3.8) is 0 Å². The van der Waals surface area contributed by atoms with Gasteiger partial charge in [0.05, 0.1) is 6.04 Å². The summed E-state index contributed by atoms with van der Waals surface area (Å²) < 4.78 is 35.7. The molecule has 2 aromatic heterocycles. The maximum Gasteiger partial charge on any atom is 0.267 e. The molecule has 5 rings (SSSR count). The van der Waals surface area contributed by atoms with Gasteiger partial charge in [-0.3, -0.25) is 4.72 Å². The molecule has 7 heteroatoms. The fourth-order valence-corrected chi connectivity index (χ4v) is 5.68. The molecule has 0 amide bonds. The smallest absolute Gasteiger partial charge is 0.267 e. The fraction of sp³-hybridized carbons (Fsp3) is 0.115. The molecule has 0 spiro atoms. The minimum atomic E-state index is -3.81. The van der Waals surface area contributed by atoms with Gasteiger partial charge in [-0.25, -0.2) is 8.42 Å². The molecular formula is C26H23N3O3S. The van der Waals surface area contributed by atoms with E-state index in [0.29, 0.717) is 11.4 Å². The molecule has 0 aliphatic rings. The molecule has 33 heavy (non-hydrogen) atoms. The highest BCUT2D eigenvalue weighted by molar-refractivity contribution is 7.92. The van der Waals surface area contributed by atoms with Gasteiger partial charge in [-0.1, -0.05) is 65.8 Å². The van der Waals surface area contributed by atoms with Crippen LogP contribution in [-0.2, 0) is 10.0 Å². The van der Waals surface area contributed by atoms with Gasteiger partial charge < -0.3 is 9.09 Å². The number of nitrogens with one attached hydrogen (secondary N) is 1. The first-order chi connectivity index (χ1) is 15.9. The van der Waals surface area contributed by atoms with Crippen molar-refractivity contribution in [1.82, 2.24) is 9.72 Å². The molecule has 5 aromatic rings. The van der Waals surface area contributed by atoms with Crippen molar-refractivity contribution in [3.05, 3.63) is 114 Å². The molecule has 0 aliphatic heterocycles. The van der Waals surface area contributed by atoms with E-state index in [9.17, 15) is 8.42 Å². The van der Waals surface area contributed by atoms with Gasteiger partial charge in [-0.2, -0.15) is 0 Å². The van der Waals surface area contributed by atoms with Crippen LogP contribution in [0.15, 0.2) is 101 Å². The largest absolute Gasteiger partial charge is 0.360 e. The first-order valence-electron chi connectivity index (χ1n) is 10.6. The summed E-state index contributed by atoms with van der Waals surface area (Å²) in [5, 5.41) is 4.69. The van der Waals surface area contributed by atoms with Crippen LogP contribution in [0.3, 0.4) is 0 Å². The normalized spacial score (nSPS) is 11.8. The number of hydrogen-bond donors (Lipinski definition) is 1. The lowest BCUT2D eigenvalue weighted by Gasteiger charge is -2.21. The molecular weight excluding hydrogens is 434 g/mol. The summed E-state index contributed by atoms with van der Waals surface area (Å²) in [7, 11) is -3.81. The maximum absolute atomic E-state index is 12.9. The van der Waals surface area contributed by atoms with E-state index in [1.165, 1.54) is 11.1 Å². The first-order valence-corrected chi connectivity index (χ1v) is 12.1. The summed E-state index contributed by atoms with van der Waals surface area (Å²) in [4.78, 5) is 0.0772. The molecule has 0 unspecified atom stereocenters. The Balaban J connectivity index is 1.55. The number of aromatic nitrogens is 2. The third-order valence-corrected chi connectivity index (χ3v) is 7.34. The van der Waals surface area contributed by atoms with Crippen molar-refractivity contribution in [2.24, 2.45) is 0 Å². The summed E-state index contributed by atoms with van der Waals surface area (Å²) in [5.74, 6) is 0.265. The molecule has 2 heterocycles. The van der Waals surface area contributed by atoms with Crippen LogP contribution in [-0.4, -0.2) is 18.1 Å². The van der Waals surface area contributed by atoms with E-state index < -0.39 is 10.0 Å². The average molecular weight is 458 g/mol. The Morgan fingerprint density at radius 3 is 2.09 bits per heavy atom. The molecule has 3 aromatic carbocycles. The number of aryl methyl sites for hydroxylation is 2. The third kappa shape index (κ3) is 3.91. The molecule has 0 atom stereocenters. The third-order valence-electron chi connectivity index (χ3n) is 5.72. The quantitative estimate of drug-likeness (QED) is 0.356. The van der Waals surface area contributed by atoms with Crippen LogP contribution in [0.4, 0.5) is 5.69 Å². The second-order valence-corrected chi connectivity index (χ2v) is 9.60. The topological polar surface area (TPSA) is 77.1 Å². The molecule has 1 N–H and O–H groups in total. The zero-order valence-electron chi connectivity index (χ0n) is 18.3. The molecule has 0 saturated carbocycles. The zero-order chi connectivity index (χ0) is 23.0. The Bertz CT molecular complexity index is 1460. The SMILES string of the molecule is Cc1noc(C)c1S(=O)(=O)Nc1ccc2c(ccn2C(c2ccccc2)c2ccccc2)c1. The van der Waals surface area contributed by atoms with E-state index >= 15 is 0 Å². The number of nitrogens with zero attached hydrogens (tertiary/aromatic N) is 2. The lowest BCUT2D eigenvalue weighted by Crippen LogP contribution is -2.14. The van der Waals surface area contributed by atoms with Gasteiger partial charge in [0.15, 0.2) is 10.7 Å². The summed E-state index contributed by atoms with van der Waals surface area (Å²) in [6, 6.07) is 28.2. The molecule has 0 aliphatic carbocycles. The van der Waals surface area contributed by atoms with Gasteiger partial charge in [0, 0.05) is 22.8 Å². The molecule has 0 fully saturated rings. The minimum absolute atomic E-state index is 0.00487. The monoisotopic (exact) mass is 457 g/mol. The number of fused-ring (bicyclic) bond motifs is 1. The van der Waals surface area contributed by atoms with Crippen LogP contribution in [0.2, 0.25) is 0 Å². The van der Waals surface area contributed by atoms with Gasteiger partial charge in [0.25, 0.3) is 10.0 Å². The van der Waals surface area contributed by atoms with Crippen LogP contribution in [0.1, 0.15) is 28.6 Å². The van der Waals surface area contributed by atoms with Crippen LogP contribution in [0.25, 0.3) is 10.9 Å². The van der Waals surface area contributed by atoms with E-state index in [0.717, 1.165) is 10.9 Å². The van der Waals surface area contributed by atoms with Crippen molar-refractivity contribution < 1.29 is 12.9 Å². The maximum atomic E-state index is 12.9. The molecule has 0 radical (unpaired) electrons. The number of rotatable bonds is 6. The van der Waals surface area contributed by atoms with Gasteiger partial charge in [0.1, 0.15) is 5.69 Å². The van der Waals surface area contributed by atoms with Crippen LogP contribution in [0, 0.1) is 13.8 Å². The number of benzene rings is 3. The Morgan fingerprint density at radius 1 is 0.879 bits per heavy atom. The van der Waals surface area contributed by atoms with Crippen LogP contribution >= 0.6 is 0 Å². The Morgan fingerprint density at radius 2 is 1.52 bits per heavy atom. The molecule has 6 nitrogen and oxygen atoms in total. The molecule has 166 valence electrons. The van der Waals surface area contributed by atoms with Gasteiger partial charge >= 0.3 is 0 Å². The lowest BCUT2D eigenvalue weighted by molar-refractivity contribution is 0.390. The Hall–Kier alpha value is -3.84. The van der Waals surface area contributed by atoms with Crippen molar-refractivity contribution in [1.29, 1.82) is 0 Å². The highest BCUT2D eigenvalue weighted by atomic mass is 32.2. The standard InChI is InChI=1S/C26H23N3O3S/c1-18-26(19(2)32-27-18)33(30,31)28-23-13-14-24-22(17-23)15-16-29(24)25(20-9-5-3-6-10-20)21-11-7-4-8-12-21/h3-17,25,28H,1-2H3. The average Bonchev–Trinajstić information content (AvgIpc) is 3.38. The molecule has 0 bridgehead atoms. The fourth-order valence-electron chi connectivity index (χ4n) is 4.30. The van der Waals surface area contributed by atoms with Gasteiger partial charge in [-0.15, -0.1) is 0 Å². The van der Waals surface area contributed by atoms with Crippen molar-refractivity contribution in [2.75, 3.05) is 4.72 Å². The predicted molar refractivity (Wildman–Crippen MR) is 129 cm³/mol. The summed E-state index contributed by atoms with van der Waals surface area (Å²) in [6.45, 7) is 3.20. The second-order valence-electron chi connectivity index (χ2n) is 7.98. The van der Waals surface area contributed by atoms with Crippen molar-refractivity contribution in [3.8, 4) is 0 Å². The Kier molecular flexibility index (Phi) is 5.26. The van der Waals surface area contributed by atoms with Gasteiger partial charge in [-0.05, 0) is 49.2 Å². The number of anilines is 1. The van der Waals surface area contributed by atoms with Crippen molar-refractivity contribution >= 4 is 26.6 Å². The summed E-state index contributed by atoms with van der Waals surface area (Å²) in [5.41, 5.74) is 4.17. The highest BCUT2D eigenvalue weighted by Crippen LogP contribution is 2.32. The van der Waals surface area contributed by atoms with E-state index in [2.05, 4.69) is 38.7 Å². The second kappa shape index (κ2) is 8.26. The minimum Gasteiger partial charge on any atom is -0.360 e. The highest BCUT2D eigenvalue weighted by Gasteiger charge is 2.24. The van der Waals surface area contributed by atoms with Gasteiger partial charge in [0.2, 0.25) is 0 Å². The molecule has 0 saturated heterocycles. The van der Waals surface area contributed by atoms with Crippen LogP contribution < -0.4 is 4.72 Å². The number of hydrogen-bond acceptors (Lipinski definition) is 4. The zero-order valence-corrected chi connectivity index (χ0v) is 19.1. The predicted octanol–water partition coefficient (Wildman–Crippen LogP) is 5.68. The Labute approximate surface area is 192 Å². The van der Waals surface area contributed by atoms with E-state index in [4.69, 9.17) is 4.52 Å². The summed E-state index contributed by atoms with van der Waals surface area (Å²) >= 11 is 0. The van der Waals surface area contributed by atoms with E-state index in [1.807, 2.05) is 60.8 Å². The van der Waals surface area contributed by atoms with E-state index in [1.54, 1.807) is 19.9 Å².